The van der Waals surface area contributed by atoms with Crippen molar-refractivity contribution in [2.45, 2.75) is 31.9 Å². The Hall–Kier alpha value is -0.770. The molecule has 0 bridgehead atoms. The molecule has 0 aromatic heterocycles. The average Bonchev–Trinajstić information content (AvgIpc) is 3.03. The van der Waals surface area contributed by atoms with Gasteiger partial charge in [0.05, 0.1) is 6.10 Å². The van der Waals surface area contributed by atoms with Gasteiger partial charge in [0, 0.05) is 49.0 Å². The van der Waals surface area contributed by atoms with Crippen molar-refractivity contribution in [1.82, 2.24) is 4.90 Å². The Bertz CT molecular complexity index is 446. The average molecular weight is 281 g/mol. The van der Waals surface area contributed by atoms with Gasteiger partial charge in [0.2, 0.25) is 0 Å². The molecule has 1 atom stereocenters. The van der Waals surface area contributed by atoms with Crippen LogP contribution in [-0.4, -0.2) is 42.3 Å². The van der Waals surface area contributed by atoms with E-state index in [1.807, 2.05) is 12.1 Å². The van der Waals surface area contributed by atoms with Crippen LogP contribution >= 0.6 is 11.6 Å². The molecule has 0 radical (unpaired) electrons. The lowest BCUT2D eigenvalue weighted by Gasteiger charge is -2.25. The molecule has 1 aromatic rings. The number of likely N-dealkylation sites (tertiary alicyclic amines) is 1. The van der Waals surface area contributed by atoms with Gasteiger partial charge in [-0.15, -0.1) is 0 Å². The van der Waals surface area contributed by atoms with E-state index in [9.17, 15) is 5.11 Å². The summed E-state index contributed by atoms with van der Waals surface area (Å²) in [6, 6.07) is 6.19. The third-order valence-electron chi connectivity index (χ3n) is 4.17. The molecule has 4 heteroatoms. The van der Waals surface area contributed by atoms with E-state index >= 15 is 0 Å². The van der Waals surface area contributed by atoms with E-state index in [1.54, 1.807) is 0 Å². The predicted octanol–water partition coefficient (Wildman–Crippen LogP) is 2.51. The van der Waals surface area contributed by atoms with Crippen molar-refractivity contribution < 1.29 is 5.11 Å². The molecule has 0 aliphatic carbocycles. The number of β-amino-alcohol motifs (C(OH)–C–C–N with tert-alkyl or cyclic N) is 1. The Morgan fingerprint density at radius 2 is 2.00 bits per heavy atom. The van der Waals surface area contributed by atoms with Gasteiger partial charge in [-0.3, -0.25) is 4.90 Å². The van der Waals surface area contributed by atoms with Crippen molar-refractivity contribution in [1.29, 1.82) is 0 Å². The summed E-state index contributed by atoms with van der Waals surface area (Å²) < 4.78 is 0. The molecule has 1 aromatic carbocycles. The summed E-state index contributed by atoms with van der Waals surface area (Å²) in [5.74, 6) is 0. The molecule has 3 nitrogen and oxygen atoms in total. The highest BCUT2D eigenvalue weighted by atomic mass is 35.5. The van der Waals surface area contributed by atoms with Crippen molar-refractivity contribution in [3.05, 3.63) is 28.8 Å². The molecule has 19 heavy (non-hydrogen) atoms. The van der Waals surface area contributed by atoms with Crippen LogP contribution in [0.4, 0.5) is 5.69 Å². The quantitative estimate of drug-likeness (QED) is 0.922. The Balaban J connectivity index is 1.82. The van der Waals surface area contributed by atoms with Crippen LogP contribution < -0.4 is 4.90 Å². The number of halogens is 1. The zero-order valence-corrected chi connectivity index (χ0v) is 11.9. The lowest BCUT2D eigenvalue weighted by Crippen LogP contribution is -2.25. The third kappa shape index (κ3) is 2.88. The van der Waals surface area contributed by atoms with Crippen molar-refractivity contribution in [3.8, 4) is 0 Å². The second kappa shape index (κ2) is 5.70. The summed E-state index contributed by atoms with van der Waals surface area (Å²) in [5, 5.41) is 10.5. The number of rotatable bonds is 3. The molecule has 2 fully saturated rings. The highest BCUT2D eigenvalue weighted by Gasteiger charge is 2.23. The number of aliphatic hydroxyl groups excluding tert-OH is 1. The van der Waals surface area contributed by atoms with Gasteiger partial charge in [-0.1, -0.05) is 17.7 Å². The molecular weight excluding hydrogens is 260 g/mol. The van der Waals surface area contributed by atoms with E-state index in [4.69, 9.17) is 11.6 Å². The van der Waals surface area contributed by atoms with Gasteiger partial charge in [0.1, 0.15) is 0 Å². The highest BCUT2D eigenvalue weighted by molar-refractivity contribution is 6.31. The van der Waals surface area contributed by atoms with Gasteiger partial charge in [-0.05, 0) is 31.4 Å². The standard InChI is InChI=1S/C15H21ClN2O/c16-14-4-3-5-15(18-7-1-2-8-18)13(14)11-17-9-6-12(19)10-17/h3-5,12,19H,1-2,6-11H2/t12-/m1/s1. The third-order valence-corrected chi connectivity index (χ3v) is 4.52. The zero-order valence-electron chi connectivity index (χ0n) is 11.2. The maximum Gasteiger partial charge on any atom is 0.0679 e. The fourth-order valence-corrected chi connectivity index (χ4v) is 3.37. The minimum absolute atomic E-state index is 0.169. The number of hydrogen-bond donors (Lipinski definition) is 1. The summed E-state index contributed by atoms with van der Waals surface area (Å²) in [6.07, 6.45) is 3.25. The fraction of sp³-hybridized carbons (Fsp3) is 0.600. The van der Waals surface area contributed by atoms with E-state index in [-0.39, 0.29) is 6.10 Å². The highest BCUT2D eigenvalue weighted by Crippen LogP contribution is 2.31. The minimum Gasteiger partial charge on any atom is -0.392 e. The van der Waals surface area contributed by atoms with E-state index in [2.05, 4.69) is 15.9 Å². The van der Waals surface area contributed by atoms with Crippen LogP contribution in [-0.2, 0) is 6.54 Å². The number of aliphatic hydroxyl groups is 1. The van der Waals surface area contributed by atoms with Crippen LogP contribution in [0.15, 0.2) is 18.2 Å². The first-order chi connectivity index (χ1) is 9.24. The van der Waals surface area contributed by atoms with Gasteiger partial charge in [0.15, 0.2) is 0 Å². The van der Waals surface area contributed by atoms with Crippen molar-refractivity contribution >= 4 is 17.3 Å². The number of benzene rings is 1. The molecule has 0 amide bonds. The van der Waals surface area contributed by atoms with E-state index < -0.39 is 0 Å². The van der Waals surface area contributed by atoms with E-state index in [0.717, 1.165) is 44.2 Å². The first-order valence-corrected chi connectivity index (χ1v) is 7.54. The topological polar surface area (TPSA) is 26.7 Å². The summed E-state index contributed by atoms with van der Waals surface area (Å²) in [5.41, 5.74) is 2.51. The molecule has 104 valence electrons. The Kier molecular flexibility index (Phi) is 3.96. The molecule has 3 rings (SSSR count). The first-order valence-electron chi connectivity index (χ1n) is 7.17. The summed E-state index contributed by atoms with van der Waals surface area (Å²) in [7, 11) is 0. The lowest BCUT2D eigenvalue weighted by atomic mass is 10.1. The van der Waals surface area contributed by atoms with Crippen molar-refractivity contribution in [3.63, 3.8) is 0 Å². The monoisotopic (exact) mass is 280 g/mol. The Labute approximate surface area is 119 Å². The largest absolute Gasteiger partial charge is 0.392 e. The Morgan fingerprint density at radius 1 is 1.21 bits per heavy atom. The number of hydrogen-bond acceptors (Lipinski definition) is 3. The predicted molar refractivity (Wildman–Crippen MR) is 78.8 cm³/mol. The van der Waals surface area contributed by atoms with Crippen LogP contribution in [0, 0.1) is 0 Å². The van der Waals surface area contributed by atoms with Gasteiger partial charge in [-0.25, -0.2) is 0 Å². The van der Waals surface area contributed by atoms with Crippen LogP contribution in [0.25, 0.3) is 0 Å². The molecule has 2 aliphatic rings. The molecule has 1 N–H and O–H groups in total. The maximum absolute atomic E-state index is 9.64. The van der Waals surface area contributed by atoms with Crippen molar-refractivity contribution in [2.24, 2.45) is 0 Å². The van der Waals surface area contributed by atoms with Gasteiger partial charge < -0.3 is 10.0 Å². The zero-order chi connectivity index (χ0) is 13.2. The van der Waals surface area contributed by atoms with Crippen molar-refractivity contribution in [2.75, 3.05) is 31.1 Å². The molecule has 0 unspecified atom stereocenters. The summed E-state index contributed by atoms with van der Waals surface area (Å²) >= 11 is 6.41. The van der Waals surface area contributed by atoms with E-state index in [1.165, 1.54) is 24.1 Å². The van der Waals surface area contributed by atoms with Crippen LogP contribution in [0.1, 0.15) is 24.8 Å². The number of nitrogens with zero attached hydrogens (tertiary/aromatic N) is 2. The SMILES string of the molecule is O[C@@H]1CCN(Cc2c(Cl)cccc2N2CCCC2)C1. The van der Waals surface area contributed by atoms with Crippen LogP contribution in [0.2, 0.25) is 5.02 Å². The second-order valence-corrected chi connectivity index (χ2v) is 6.02. The van der Waals surface area contributed by atoms with Gasteiger partial charge in [-0.2, -0.15) is 0 Å². The summed E-state index contributed by atoms with van der Waals surface area (Å²) in [4.78, 5) is 4.74. The summed E-state index contributed by atoms with van der Waals surface area (Å²) in [6.45, 7) is 4.85. The normalized spacial score (nSPS) is 24.3. The lowest BCUT2D eigenvalue weighted by molar-refractivity contribution is 0.175. The van der Waals surface area contributed by atoms with E-state index in [0.29, 0.717) is 0 Å². The maximum atomic E-state index is 9.64. The van der Waals surface area contributed by atoms with Crippen LogP contribution in [0.5, 0.6) is 0 Å². The molecule has 2 aliphatic heterocycles. The molecule has 2 saturated heterocycles. The molecule has 2 heterocycles. The first kappa shape index (κ1) is 13.2. The smallest absolute Gasteiger partial charge is 0.0679 e. The van der Waals surface area contributed by atoms with Crippen LogP contribution in [0.3, 0.4) is 0 Å². The Morgan fingerprint density at radius 3 is 2.68 bits per heavy atom. The number of anilines is 1. The molecule has 0 spiro atoms. The fourth-order valence-electron chi connectivity index (χ4n) is 3.14. The molecule has 0 saturated carbocycles. The van der Waals surface area contributed by atoms with Gasteiger partial charge >= 0.3 is 0 Å². The second-order valence-electron chi connectivity index (χ2n) is 5.61. The minimum atomic E-state index is -0.169. The molecular formula is C15H21ClN2O. The van der Waals surface area contributed by atoms with Gasteiger partial charge in [0.25, 0.3) is 0 Å².